The number of primary amides is 1. The van der Waals surface area contributed by atoms with Gasteiger partial charge in [-0.1, -0.05) is 37.3 Å². The van der Waals surface area contributed by atoms with Crippen molar-refractivity contribution in [3.05, 3.63) is 59.7 Å². The van der Waals surface area contributed by atoms with Crippen LogP contribution in [-0.4, -0.2) is 6.03 Å². The first-order chi connectivity index (χ1) is 9.69. The van der Waals surface area contributed by atoms with Crippen LogP contribution in [0.1, 0.15) is 18.1 Å². The molecule has 0 aliphatic heterocycles. The molecule has 0 aromatic heterocycles. The second-order valence-electron chi connectivity index (χ2n) is 4.55. The van der Waals surface area contributed by atoms with Crippen molar-refractivity contribution in [2.75, 3.05) is 10.6 Å². The summed E-state index contributed by atoms with van der Waals surface area (Å²) < 4.78 is 0. The summed E-state index contributed by atoms with van der Waals surface area (Å²) in [4.78, 5) is 10.8. The minimum Gasteiger partial charge on any atom is -0.381 e. The molecule has 0 aliphatic rings. The monoisotopic (exact) mass is 269 g/mol. The molecule has 4 N–H and O–H groups in total. The second kappa shape index (κ2) is 6.61. The molecule has 2 amide bonds. The summed E-state index contributed by atoms with van der Waals surface area (Å²) in [5, 5.41) is 5.92. The highest BCUT2D eigenvalue weighted by Crippen LogP contribution is 2.17. The zero-order chi connectivity index (χ0) is 14.4. The Kier molecular flexibility index (Phi) is 4.60. The fourth-order valence-corrected chi connectivity index (χ4v) is 2.12. The quantitative estimate of drug-likeness (QED) is 0.779. The first-order valence-corrected chi connectivity index (χ1v) is 6.66. The third-order valence-corrected chi connectivity index (χ3v) is 3.11. The summed E-state index contributed by atoms with van der Waals surface area (Å²) in [5.41, 5.74) is 9.36. The Morgan fingerprint density at radius 3 is 2.45 bits per heavy atom. The molecule has 0 bridgehead atoms. The highest BCUT2D eigenvalue weighted by Gasteiger charge is 2.01. The summed E-state index contributed by atoms with van der Waals surface area (Å²) in [5.74, 6) is 0. The van der Waals surface area contributed by atoms with Crippen LogP contribution >= 0.6 is 0 Å². The van der Waals surface area contributed by atoms with Crippen molar-refractivity contribution in [1.82, 2.24) is 0 Å². The number of amides is 2. The Morgan fingerprint density at radius 1 is 1.05 bits per heavy atom. The lowest BCUT2D eigenvalue weighted by Crippen LogP contribution is -2.19. The summed E-state index contributed by atoms with van der Waals surface area (Å²) in [6.07, 6.45) is 1.02. The van der Waals surface area contributed by atoms with E-state index < -0.39 is 6.03 Å². The lowest BCUT2D eigenvalue weighted by Gasteiger charge is -2.11. The van der Waals surface area contributed by atoms with Crippen LogP contribution in [0.2, 0.25) is 0 Å². The van der Waals surface area contributed by atoms with Crippen molar-refractivity contribution in [2.24, 2.45) is 5.73 Å². The molecule has 0 atom stereocenters. The molecule has 0 spiro atoms. The molecule has 0 fully saturated rings. The van der Waals surface area contributed by atoms with Crippen molar-refractivity contribution >= 4 is 17.4 Å². The maximum absolute atomic E-state index is 10.8. The topological polar surface area (TPSA) is 67.2 Å². The van der Waals surface area contributed by atoms with Crippen molar-refractivity contribution in [2.45, 2.75) is 19.9 Å². The minimum absolute atomic E-state index is 0.557. The molecule has 0 saturated carbocycles. The lowest BCUT2D eigenvalue weighted by molar-refractivity contribution is 0.259. The van der Waals surface area contributed by atoms with Gasteiger partial charge < -0.3 is 16.4 Å². The molecule has 2 aromatic rings. The normalized spacial score (nSPS) is 10.1. The van der Waals surface area contributed by atoms with E-state index in [0.29, 0.717) is 5.69 Å². The third kappa shape index (κ3) is 3.75. The molecule has 2 aromatic carbocycles. The van der Waals surface area contributed by atoms with E-state index in [0.717, 1.165) is 18.7 Å². The Balaban J connectivity index is 2.05. The van der Waals surface area contributed by atoms with Crippen molar-refractivity contribution in [3.8, 4) is 0 Å². The van der Waals surface area contributed by atoms with Crippen LogP contribution < -0.4 is 16.4 Å². The molecule has 2 rings (SSSR count). The van der Waals surface area contributed by atoms with E-state index in [1.165, 1.54) is 11.1 Å². The SMILES string of the molecule is CCc1ccccc1CNc1cccc(NC(N)=O)c1. The van der Waals surface area contributed by atoms with Gasteiger partial charge in [0.2, 0.25) is 0 Å². The van der Waals surface area contributed by atoms with E-state index in [1.54, 1.807) is 6.07 Å². The number of carbonyl (C=O) groups excluding carboxylic acids is 1. The van der Waals surface area contributed by atoms with E-state index >= 15 is 0 Å². The Labute approximate surface area is 119 Å². The number of anilines is 2. The van der Waals surface area contributed by atoms with Gasteiger partial charge in [-0.05, 0) is 35.7 Å². The van der Waals surface area contributed by atoms with Crippen LogP contribution in [0.25, 0.3) is 0 Å². The van der Waals surface area contributed by atoms with E-state index in [1.807, 2.05) is 24.3 Å². The van der Waals surface area contributed by atoms with Gasteiger partial charge in [0.25, 0.3) is 0 Å². The molecule has 4 heteroatoms. The summed E-state index contributed by atoms with van der Waals surface area (Å²) >= 11 is 0. The van der Waals surface area contributed by atoms with Crippen molar-refractivity contribution in [1.29, 1.82) is 0 Å². The van der Waals surface area contributed by atoms with Crippen LogP contribution in [0.5, 0.6) is 0 Å². The molecule has 0 radical (unpaired) electrons. The van der Waals surface area contributed by atoms with Gasteiger partial charge >= 0.3 is 6.03 Å². The highest BCUT2D eigenvalue weighted by molar-refractivity contribution is 5.88. The smallest absolute Gasteiger partial charge is 0.316 e. The Hall–Kier alpha value is -2.49. The Morgan fingerprint density at radius 2 is 1.75 bits per heavy atom. The summed E-state index contributed by atoms with van der Waals surface area (Å²) in [6, 6.07) is 15.3. The van der Waals surface area contributed by atoms with Crippen LogP contribution in [0.15, 0.2) is 48.5 Å². The molecular weight excluding hydrogens is 250 g/mol. The van der Waals surface area contributed by atoms with Crippen molar-refractivity contribution in [3.63, 3.8) is 0 Å². The lowest BCUT2D eigenvalue weighted by atomic mass is 10.1. The molecule has 0 unspecified atom stereocenters. The third-order valence-electron chi connectivity index (χ3n) is 3.11. The molecule has 20 heavy (non-hydrogen) atoms. The maximum Gasteiger partial charge on any atom is 0.316 e. The van der Waals surface area contributed by atoms with Crippen LogP contribution in [-0.2, 0) is 13.0 Å². The van der Waals surface area contributed by atoms with Gasteiger partial charge in [-0.15, -0.1) is 0 Å². The number of nitrogens with two attached hydrogens (primary N) is 1. The van der Waals surface area contributed by atoms with Crippen LogP contribution in [0, 0.1) is 0 Å². The van der Waals surface area contributed by atoms with Gasteiger partial charge in [0, 0.05) is 17.9 Å². The number of benzene rings is 2. The molecule has 104 valence electrons. The second-order valence-corrected chi connectivity index (χ2v) is 4.55. The minimum atomic E-state index is -0.557. The largest absolute Gasteiger partial charge is 0.381 e. The van der Waals surface area contributed by atoms with Crippen LogP contribution in [0.3, 0.4) is 0 Å². The standard InChI is InChI=1S/C16H19N3O/c1-2-12-6-3-4-7-13(12)11-18-14-8-5-9-15(10-14)19-16(17)20/h3-10,18H,2,11H2,1H3,(H3,17,19,20). The van der Waals surface area contributed by atoms with Gasteiger partial charge in [0.1, 0.15) is 0 Å². The molecular formula is C16H19N3O. The van der Waals surface area contributed by atoms with Gasteiger partial charge in [-0.25, -0.2) is 4.79 Å². The number of carbonyl (C=O) groups is 1. The first-order valence-electron chi connectivity index (χ1n) is 6.66. The average molecular weight is 269 g/mol. The van der Waals surface area contributed by atoms with E-state index in [4.69, 9.17) is 5.73 Å². The van der Waals surface area contributed by atoms with E-state index in [-0.39, 0.29) is 0 Å². The molecule has 4 nitrogen and oxygen atoms in total. The number of urea groups is 1. The zero-order valence-corrected chi connectivity index (χ0v) is 11.5. The Bertz CT molecular complexity index is 596. The fraction of sp³-hybridized carbons (Fsp3) is 0.188. The van der Waals surface area contributed by atoms with Gasteiger partial charge in [0.15, 0.2) is 0 Å². The first kappa shape index (κ1) is 13.9. The number of rotatable bonds is 5. The van der Waals surface area contributed by atoms with Gasteiger partial charge in [0.05, 0.1) is 0 Å². The zero-order valence-electron chi connectivity index (χ0n) is 11.5. The number of nitrogens with one attached hydrogen (secondary N) is 2. The highest BCUT2D eigenvalue weighted by atomic mass is 16.2. The van der Waals surface area contributed by atoms with Crippen LogP contribution in [0.4, 0.5) is 16.2 Å². The predicted molar refractivity (Wildman–Crippen MR) is 82.8 cm³/mol. The maximum atomic E-state index is 10.8. The fourth-order valence-electron chi connectivity index (χ4n) is 2.12. The van der Waals surface area contributed by atoms with Gasteiger partial charge in [-0.2, -0.15) is 0 Å². The van der Waals surface area contributed by atoms with Gasteiger partial charge in [-0.3, -0.25) is 0 Å². The number of hydrogen-bond acceptors (Lipinski definition) is 2. The molecule has 0 saturated heterocycles. The predicted octanol–water partition coefficient (Wildman–Crippen LogP) is 3.35. The number of aryl methyl sites for hydroxylation is 1. The summed E-state index contributed by atoms with van der Waals surface area (Å²) in [6.45, 7) is 2.90. The van der Waals surface area contributed by atoms with Crippen molar-refractivity contribution < 1.29 is 4.79 Å². The van der Waals surface area contributed by atoms with E-state index in [9.17, 15) is 4.79 Å². The summed E-state index contributed by atoms with van der Waals surface area (Å²) in [7, 11) is 0. The molecule has 0 aliphatic carbocycles. The average Bonchev–Trinajstić information content (AvgIpc) is 2.45. The molecule has 0 heterocycles. The van der Waals surface area contributed by atoms with E-state index in [2.05, 4.69) is 35.8 Å². The number of hydrogen-bond donors (Lipinski definition) is 3.